The summed E-state index contributed by atoms with van der Waals surface area (Å²) in [5, 5.41) is 22.4. The van der Waals surface area contributed by atoms with Crippen LogP contribution in [0.3, 0.4) is 0 Å². The van der Waals surface area contributed by atoms with Crippen molar-refractivity contribution in [2.45, 2.75) is 37.8 Å². The van der Waals surface area contributed by atoms with Crippen molar-refractivity contribution in [3.8, 4) is 22.8 Å². The van der Waals surface area contributed by atoms with Crippen LogP contribution >= 0.6 is 0 Å². The lowest BCUT2D eigenvalue weighted by Gasteiger charge is -2.26. The first kappa shape index (κ1) is 25.8. The first-order chi connectivity index (χ1) is 18.1. The molecule has 1 aliphatic heterocycles. The highest BCUT2D eigenvalue weighted by Crippen LogP contribution is 2.44. The number of aliphatic hydroxyl groups excluding tert-OH is 1. The number of ketones is 1. The zero-order chi connectivity index (χ0) is 27.1. The summed E-state index contributed by atoms with van der Waals surface area (Å²) < 4.78 is 11.4. The molecule has 3 heterocycles. The van der Waals surface area contributed by atoms with Crippen molar-refractivity contribution in [3.05, 3.63) is 83.2 Å². The first-order valence-electron chi connectivity index (χ1n) is 12.5. The first-order valence-corrected chi connectivity index (χ1v) is 12.5. The molecular formula is C30H31N3O5. The van der Waals surface area contributed by atoms with Gasteiger partial charge in [0.05, 0.1) is 19.4 Å². The van der Waals surface area contributed by atoms with Crippen LogP contribution in [0.5, 0.6) is 11.5 Å². The fourth-order valence-electron chi connectivity index (χ4n) is 4.75. The van der Waals surface area contributed by atoms with E-state index in [2.05, 4.69) is 4.98 Å². The number of rotatable bonds is 8. The van der Waals surface area contributed by atoms with Gasteiger partial charge in [0.25, 0.3) is 0 Å². The van der Waals surface area contributed by atoms with Gasteiger partial charge in [-0.1, -0.05) is 35.9 Å². The molecule has 0 radical (unpaired) electrons. The second-order valence-electron chi connectivity index (χ2n) is 10.2. The fourth-order valence-corrected chi connectivity index (χ4v) is 4.75. The summed E-state index contributed by atoms with van der Waals surface area (Å²) in [6.45, 7) is 3.40. The molecule has 0 aliphatic carbocycles. The lowest BCUT2D eigenvalue weighted by atomic mass is 9.87. The van der Waals surface area contributed by atoms with Gasteiger partial charge in [-0.2, -0.15) is 0 Å². The minimum atomic E-state index is -1.45. The van der Waals surface area contributed by atoms with Crippen molar-refractivity contribution < 1.29 is 24.5 Å². The van der Waals surface area contributed by atoms with E-state index in [4.69, 9.17) is 20.2 Å². The summed E-state index contributed by atoms with van der Waals surface area (Å²) in [7, 11) is 1.54. The molecule has 196 valence electrons. The van der Waals surface area contributed by atoms with Crippen LogP contribution in [0.25, 0.3) is 22.2 Å². The lowest BCUT2D eigenvalue weighted by Crippen LogP contribution is -2.42. The van der Waals surface area contributed by atoms with Crippen LogP contribution in [-0.2, 0) is 11.1 Å². The Labute approximate surface area is 221 Å². The zero-order valence-electron chi connectivity index (χ0n) is 21.7. The van der Waals surface area contributed by atoms with E-state index in [1.54, 1.807) is 44.5 Å². The minimum absolute atomic E-state index is 0.0742. The Kier molecular flexibility index (Phi) is 6.65. The predicted molar refractivity (Wildman–Crippen MR) is 144 cm³/mol. The van der Waals surface area contributed by atoms with Gasteiger partial charge in [-0.25, -0.2) is 4.98 Å². The molecule has 2 aromatic carbocycles. The Balaban J connectivity index is 1.47. The molecule has 2 unspecified atom stereocenters. The van der Waals surface area contributed by atoms with Gasteiger partial charge in [0.15, 0.2) is 11.5 Å². The van der Waals surface area contributed by atoms with E-state index in [0.717, 1.165) is 16.5 Å². The number of nitrogens with zero attached hydrogens (tertiary/aromatic N) is 2. The fraction of sp³-hybridized carbons (Fsp3) is 0.300. The third-order valence-corrected chi connectivity index (χ3v) is 7.19. The second-order valence-corrected chi connectivity index (χ2v) is 10.2. The number of nitrogens with two attached hydrogens (primary N) is 1. The van der Waals surface area contributed by atoms with Gasteiger partial charge in [-0.3, -0.25) is 9.78 Å². The lowest BCUT2D eigenvalue weighted by molar-refractivity contribution is 0.0396. The van der Waals surface area contributed by atoms with Crippen molar-refractivity contribution in [2.24, 2.45) is 5.73 Å². The number of ether oxygens (including phenoxy) is 2. The number of carbonyl (C=O) groups is 1. The van der Waals surface area contributed by atoms with Gasteiger partial charge in [0.1, 0.15) is 34.7 Å². The maximum Gasteiger partial charge on any atom is 0.163 e. The number of methoxy groups -OCH3 is 1. The number of aryl methyl sites for hydroxylation is 1. The largest absolute Gasteiger partial charge is 0.494 e. The van der Waals surface area contributed by atoms with Crippen molar-refractivity contribution in [1.82, 2.24) is 9.97 Å². The van der Waals surface area contributed by atoms with Gasteiger partial charge in [0, 0.05) is 34.7 Å². The average molecular weight is 514 g/mol. The quantitative estimate of drug-likeness (QED) is 0.302. The van der Waals surface area contributed by atoms with E-state index in [0.29, 0.717) is 39.5 Å². The number of carbonyl (C=O) groups excluding carboxylic acids is 1. The zero-order valence-corrected chi connectivity index (χ0v) is 21.7. The van der Waals surface area contributed by atoms with Crippen molar-refractivity contribution in [1.29, 1.82) is 0 Å². The third kappa shape index (κ3) is 4.62. The molecule has 8 heteroatoms. The molecule has 0 saturated heterocycles. The van der Waals surface area contributed by atoms with Gasteiger partial charge in [0.2, 0.25) is 0 Å². The van der Waals surface area contributed by atoms with Crippen LogP contribution < -0.4 is 15.2 Å². The van der Waals surface area contributed by atoms with E-state index in [9.17, 15) is 15.0 Å². The number of benzene rings is 2. The topological polar surface area (TPSA) is 128 Å². The van der Waals surface area contributed by atoms with Gasteiger partial charge in [-0.15, -0.1) is 0 Å². The molecule has 0 bridgehead atoms. The van der Waals surface area contributed by atoms with Crippen LogP contribution in [0.2, 0.25) is 0 Å². The highest BCUT2D eigenvalue weighted by atomic mass is 16.5. The Hall–Kier alpha value is -3.85. The summed E-state index contributed by atoms with van der Waals surface area (Å²) in [4.78, 5) is 22.3. The molecular weight excluding hydrogens is 482 g/mol. The third-order valence-electron chi connectivity index (χ3n) is 7.19. The van der Waals surface area contributed by atoms with E-state index in [1.807, 2.05) is 37.3 Å². The molecule has 38 heavy (non-hydrogen) atoms. The van der Waals surface area contributed by atoms with Crippen LogP contribution in [-0.4, -0.2) is 46.3 Å². The number of pyridine rings is 2. The van der Waals surface area contributed by atoms with Crippen LogP contribution in [0, 0.1) is 6.92 Å². The standard InChI is InChI=1S/C30H31N3O5/c1-18-6-8-19(9-7-18)27-28-22(30(31,16-34)17-38-28)15-25(33-27)29(2,36)11-10-23(35)21-13-20-5-4-12-32-26(20)24(14-21)37-3/h4-9,12-15,34,36H,10-11,16-17,31H2,1-3H3. The molecule has 4 N–H and O–H groups in total. The van der Waals surface area contributed by atoms with E-state index >= 15 is 0 Å². The SMILES string of the molecule is COc1cc(C(=O)CCC(C)(O)c2cc3c(c(-c4ccc(C)cc4)n2)OCC3(N)CO)cc2cccnc12. The molecule has 8 nitrogen and oxygen atoms in total. The number of aliphatic hydroxyl groups is 2. The van der Waals surface area contributed by atoms with Crippen molar-refractivity contribution >= 4 is 16.7 Å². The predicted octanol–water partition coefficient (Wildman–Crippen LogP) is 4.02. The smallest absolute Gasteiger partial charge is 0.163 e. The summed E-state index contributed by atoms with van der Waals surface area (Å²) >= 11 is 0. The highest BCUT2D eigenvalue weighted by Gasteiger charge is 2.41. The Morgan fingerprint density at radius 2 is 1.97 bits per heavy atom. The second kappa shape index (κ2) is 9.79. The van der Waals surface area contributed by atoms with Gasteiger partial charge in [-0.05, 0) is 44.5 Å². The molecule has 1 aliphatic rings. The molecule has 0 fully saturated rings. The Bertz CT molecular complexity index is 1520. The molecule has 0 saturated carbocycles. The van der Waals surface area contributed by atoms with Crippen LogP contribution in [0.4, 0.5) is 0 Å². The molecule has 5 rings (SSSR count). The molecule has 4 aromatic rings. The van der Waals surface area contributed by atoms with E-state index in [-0.39, 0.29) is 31.8 Å². The summed E-state index contributed by atoms with van der Waals surface area (Å²) in [6, 6.07) is 16.6. The van der Waals surface area contributed by atoms with E-state index < -0.39 is 11.1 Å². The van der Waals surface area contributed by atoms with Crippen LogP contribution in [0.1, 0.15) is 46.9 Å². The van der Waals surface area contributed by atoms with Crippen molar-refractivity contribution in [3.63, 3.8) is 0 Å². The monoisotopic (exact) mass is 513 g/mol. The van der Waals surface area contributed by atoms with Gasteiger partial charge >= 0.3 is 0 Å². The average Bonchev–Trinajstić information content (AvgIpc) is 3.28. The Morgan fingerprint density at radius 1 is 1.21 bits per heavy atom. The molecule has 2 aromatic heterocycles. The summed E-state index contributed by atoms with van der Waals surface area (Å²) in [6.07, 6.45) is 1.87. The number of hydrogen-bond donors (Lipinski definition) is 3. The number of Topliss-reactive ketones (excluding diaryl/α,β-unsaturated/α-hetero) is 1. The number of fused-ring (bicyclic) bond motifs is 2. The highest BCUT2D eigenvalue weighted by molar-refractivity contribution is 6.01. The van der Waals surface area contributed by atoms with Crippen LogP contribution in [0.15, 0.2) is 60.8 Å². The number of aromatic nitrogens is 2. The molecule has 2 atom stereocenters. The van der Waals surface area contributed by atoms with Gasteiger partial charge < -0.3 is 25.4 Å². The van der Waals surface area contributed by atoms with E-state index in [1.165, 1.54) is 0 Å². The summed E-state index contributed by atoms with van der Waals surface area (Å²) in [5.41, 5.74) is 8.44. The Morgan fingerprint density at radius 3 is 2.68 bits per heavy atom. The van der Waals surface area contributed by atoms with Crippen molar-refractivity contribution in [2.75, 3.05) is 20.3 Å². The summed E-state index contributed by atoms with van der Waals surface area (Å²) in [5.74, 6) is 0.878. The molecule has 0 amide bonds. The minimum Gasteiger partial charge on any atom is -0.494 e. The maximum atomic E-state index is 13.2. The number of hydrogen-bond acceptors (Lipinski definition) is 8. The normalized spacial score (nSPS) is 18.1. The maximum absolute atomic E-state index is 13.2. The molecule has 0 spiro atoms.